The standard InChI is InChI=1S/C31H23N5Si.2C30H22N6Si.C28H22N2Si/c1-4-12-24(13-5-1)30-28(20-32-22-35-30)37(25-14-6-2-7-15-25,26-16-8-3-9-17-26)29-21-33-23-36-31(29)27-18-10-11-19-34-27;1-3-11-23(12-4-1)37(24-13-5-2-6-14-24,29-25(19-31-21-35-29)27-15-7-9-17-33-27)30-26(20-32-22-36-30)28-16-8-10-18-34-28;1-3-7-25(8-4-1)37(26-9-5-2-6-10-26,27-19-33-21-35-29(27)23-11-15-31-16-12-23)28-20-34-22-36-30(28)24-13-17-32-18-14-24;1-5-13-23(14-6-1)28-27(21-29-22-30-28)31(24-15-7-2-8-16-24,25-17-9-3-10-18-25)26-19-11-4-12-20-26/h1-23H;2*1-22H;1-22H. The number of hydrogen-bond acceptors (Lipinski definition) is 19. The minimum Gasteiger partial charge on any atom is -0.265 e. The Morgan fingerprint density at radius 2 is 0.338 bits per heavy atom. The normalized spacial score (nSPS) is 11.2. The van der Waals surface area contributed by atoms with Crippen LogP contribution in [0.1, 0.15) is 0 Å². The summed E-state index contributed by atoms with van der Waals surface area (Å²) in [5.74, 6) is 0. The zero-order chi connectivity index (χ0) is 95.7. The SMILES string of the molecule is c1ccc(-c2ncncc2[Si](c2ccccc2)(c2ccccc2)c2ccccc2)cc1.c1ccc(-c2ncncc2[Si](c2ccccc2)(c2ccccc2)c2cncnc2-c2ccccn2)cc1.c1ccc([Si](c2ccccc2)(c2cncnc2-c2ccncc2)c2cncnc2-c2ccncc2)cc1.c1ccc([Si](c2ccccc2)(c2ncncc2-c2ccccn2)c2ncncc2-c2ccccn2)cc1. The van der Waals surface area contributed by atoms with Crippen LogP contribution in [0, 0.1) is 0 Å². The van der Waals surface area contributed by atoms with E-state index in [1.165, 1.54) is 41.5 Å². The highest BCUT2D eigenvalue weighted by Gasteiger charge is 2.51. The van der Waals surface area contributed by atoms with Gasteiger partial charge in [-0.25, -0.2) is 69.8 Å². The lowest BCUT2D eigenvalue weighted by Gasteiger charge is -2.35. The van der Waals surface area contributed by atoms with Gasteiger partial charge in [-0.15, -0.1) is 0 Å². The molecule has 676 valence electrons. The minimum absolute atomic E-state index is 0.807. The van der Waals surface area contributed by atoms with Crippen LogP contribution in [0.15, 0.2) is 544 Å². The molecular weight excluding hydrogens is 1810 g/mol. The molecule has 0 radical (unpaired) electrons. The first-order valence-electron chi connectivity index (χ1n) is 46.4. The Kier molecular flexibility index (Phi) is 28.1. The largest absolute Gasteiger partial charge is 0.265 e. The van der Waals surface area contributed by atoms with E-state index in [1.807, 2.05) is 171 Å². The summed E-state index contributed by atoms with van der Waals surface area (Å²) in [5, 5.41) is 18.3. The first-order valence-corrected chi connectivity index (χ1v) is 54.4. The van der Waals surface area contributed by atoms with Crippen LogP contribution in [0.5, 0.6) is 0 Å². The minimum atomic E-state index is -3.14. The molecule has 0 saturated carbocycles. The fourth-order valence-corrected chi connectivity index (χ4v) is 38.8. The van der Waals surface area contributed by atoms with Crippen molar-refractivity contribution in [1.29, 1.82) is 0 Å². The molecule has 12 heterocycles. The molecule has 23 heteroatoms. The molecular formula is C119H89N19Si4. The third kappa shape index (κ3) is 18.3. The van der Waals surface area contributed by atoms with Crippen molar-refractivity contribution in [3.63, 3.8) is 0 Å². The van der Waals surface area contributed by atoms with Crippen molar-refractivity contribution in [1.82, 2.24) is 94.7 Å². The fraction of sp³-hybridized carbons (Fsp3) is 0. The van der Waals surface area contributed by atoms with Crippen LogP contribution >= 0.6 is 0 Å². The van der Waals surface area contributed by atoms with Gasteiger partial charge in [-0.05, 0) is 128 Å². The molecule has 0 aliphatic heterocycles. The predicted molar refractivity (Wildman–Crippen MR) is 576 cm³/mol. The second-order valence-electron chi connectivity index (χ2n) is 33.1. The van der Waals surface area contributed by atoms with E-state index in [0.29, 0.717) is 0 Å². The number of nitrogens with zero attached hydrogens (tertiary/aromatic N) is 19. The van der Waals surface area contributed by atoms with Crippen LogP contribution in [0.25, 0.3) is 78.9 Å². The van der Waals surface area contributed by atoms with Crippen LogP contribution in [0.3, 0.4) is 0 Å². The third-order valence-corrected chi connectivity index (χ3v) is 44.3. The van der Waals surface area contributed by atoms with Gasteiger partial charge in [0.05, 0.1) is 56.2 Å². The average Bonchev–Trinajstić information content (AvgIpc) is 0.733. The quantitative estimate of drug-likeness (QED) is 0.0427. The van der Waals surface area contributed by atoms with Crippen LogP contribution < -0.4 is 83.2 Å². The first kappa shape index (κ1) is 91.4. The highest BCUT2D eigenvalue weighted by molar-refractivity contribution is 7.22. The number of pyridine rings is 5. The van der Waals surface area contributed by atoms with Gasteiger partial charge >= 0.3 is 0 Å². The van der Waals surface area contributed by atoms with E-state index in [4.69, 9.17) is 34.9 Å². The summed E-state index contributed by atoms with van der Waals surface area (Å²) in [6.07, 6.45) is 37.6. The molecule has 0 unspecified atom stereocenters. The lowest BCUT2D eigenvalue weighted by Crippen LogP contribution is -2.77. The Labute approximate surface area is 826 Å². The van der Waals surface area contributed by atoms with Gasteiger partial charge in [0.2, 0.25) is 8.07 Å². The van der Waals surface area contributed by atoms with Gasteiger partial charge in [0.15, 0.2) is 24.2 Å². The van der Waals surface area contributed by atoms with Crippen molar-refractivity contribution >= 4 is 116 Å². The van der Waals surface area contributed by atoms with Crippen molar-refractivity contribution in [3.8, 4) is 78.9 Å². The van der Waals surface area contributed by atoms with Gasteiger partial charge < -0.3 is 0 Å². The van der Waals surface area contributed by atoms with Crippen molar-refractivity contribution in [2.45, 2.75) is 0 Å². The lowest BCUT2D eigenvalue weighted by molar-refractivity contribution is 1.16. The molecule has 142 heavy (non-hydrogen) atoms. The van der Waals surface area contributed by atoms with Crippen LogP contribution in [-0.2, 0) is 0 Å². The van der Waals surface area contributed by atoms with E-state index in [1.54, 1.807) is 87.7 Å². The molecule has 0 N–H and O–H groups in total. The van der Waals surface area contributed by atoms with E-state index >= 15 is 0 Å². The maximum Gasteiger partial charge on any atom is 0.225 e. The molecule has 0 aliphatic carbocycles. The van der Waals surface area contributed by atoms with Crippen molar-refractivity contribution in [2.75, 3.05) is 0 Å². The van der Waals surface area contributed by atoms with Gasteiger partial charge in [0, 0.05) is 125 Å². The lowest BCUT2D eigenvalue weighted by atomic mass is 10.1. The summed E-state index contributed by atoms with van der Waals surface area (Å²) in [4.78, 5) is 88.4. The third-order valence-electron chi connectivity index (χ3n) is 25.4. The summed E-state index contributed by atoms with van der Waals surface area (Å²) in [5.41, 5.74) is 12.8. The van der Waals surface area contributed by atoms with E-state index in [-0.39, 0.29) is 0 Å². The molecule has 11 aromatic carbocycles. The highest BCUT2D eigenvalue weighted by atomic mass is 28.3. The Bertz CT molecular complexity index is 6940. The molecule has 0 bridgehead atoms. The second kappa shape index (κ2) is 43.7. The molecule has 23 rings (SSSR count). The molecule has 0 saturated heterocycles. The Hall–Kier alpha value is -18.4. The zero-order valence-corrected chi connectivity index (χ0v) is 80.9. The number of rotatable bonds is 23. The summed E-state index contributed by atoms with van der Waals surface area (Å²) in [6, 6.07) is 143. The van der Waals surface area contributed by atoms with Gasteiger partial charge in [-0.2, -0.15) is 0 Å². The fourth-order valence-electron chi connectivity index (χ4n) is 19.4. The maximum absolute atomic E-state index is 5.02. The van der Waals surface area contributed by atoms with Crippen molar-refractivity contribution in [3.05, 3.63) is 544 Å². The number of hydrogen-bond donors (Lipinski definition) is 0. The van der Waals surface area contributed by atoms with Gasteiger partial charge in [0.1, 0.15) is 44.3 Å². The molecule has 0 amide bonds. The highest BCUT2D eigenvalue weighted by Crippen LogP contribution is 2.29. The van der Waals surface area contributed by atoms with Gasteiger partial charge in [-0.1, -0.05) is 352 Å². The number of benzene rings is 11. The summed E-state index contributed by atoms with van der Waals surface area (Å²) in [7, 11) is -11.9. The topological polar surface area (TPSA) is 245 Å². The monoisotopic (exact) mass is 1900 g/mol. The van der Waals surface area contributed by atoms with Gasteiger partial charge in [-0.3, -0.25) is 24.9 Å². The molecule has 19 nitrogen and oxygen atoms in total. The molecule has 12 aromatic heterocycles. The van der Waals surface area contributed by atoms with E-state index in [2.05, 4.69) is 345 Å². The predicted octanol–water partition coefficient (Wildman–Crippen LogP) is 12.4. The molecule has 0 aliphatic rings. The summed E-state index contributed by atoms with van der Waals surface area (Å²) < 4.78 is 0. The van der Waals surface area contributed by atoms with Crippen LogP contribution in [0.4, 0.5) is 0 Å². The second-order valence-corrected chi connectivity index (χ2v) is 48.0. The summed E-state index contributed by atoms with van der Waals surface area (Å²) in [6.45, 7) is 0. The molecule has 23 aromatic rings. The Balaban J connectivity index is 0.000000116. The Morgan fingerprint density at radius 3 is 0.606 bits per heavy atom. The van der Waals surface area contributed by atoms with Crippen LogP contribution in [0.2, 0.25) is 0 Å². The number of aromatic nitrogens is 19. The molecule has 0 fully saturated rings. The van der Waals surface area contributed by atoms with Crippen LogP contribution in [-0.4, -0.2) is 127 Å². The van der Waals surface area contributed by atoms with E-state index < -0.39 is 32.3 Å². The Morgan fingerprint density at radius 1 is 0.134 bits per heavy atom. The molecule has 0 atom stereocenters. The zero-order valence-electron chi connectivity index (χ0n) is 76.9. The van der Waals surface area contributed by atoms with Gasteiger partial charge in [0.25, 0.3) is 0 Å². The maximum atomic E-state index is 5.02. The summed E-state index contributed by atoms with van der Waals surface area (Å²) >= 11 is 0. The smallest absolute Gasteiger partial charge is 0.225 e. The van der Waals surface area contributed by atoms with E-state index in [0.717, 1.165) is 121 Å². The first-order chi connectivity index (χ1) is 70.6. The molecule has 0 spiro atoms. The average molecular weight is 1900 g/mol. The van der Waals surface area contributed by atoms with Crippen molar-refractivity contribution in [2.24, 2.45) is 0 Å². The van der Waals surface area contributed by atoms with E-state index in [9.17, 15) is 0 Å². The van der Waals surface area contributed by atoms with Crippen molar-refractivity contribution < 1.29 is 0 Å².